The van der Waals surface area contributed by atoms with E-state index in [9.17, 15) is 4.39 Å². The first-order valence-corrected chi connectivity index (χ1v) is 4.56. The number of hydrogen-bond acceptors (Lipinski definition) is 2. The van der Waals surface area contributed by atoms with Gasteiger partial charge in [-0.3, -0.25) is 4.68 Å². The number of nitrogens with zero attached hydrogens (tertiary/aromatic N) is 2. The van der Waals surface area contributed by atoms with E-state index in [0.29, 0.717) is 13.1 Å². The van der Waals surface area contributed by atoms with Crippen LogP contribution in [0.2, 0.25) is 0 Å². The van der Waals surface area contributed by atoms with Crippen molar-refractivity contribution in [2.45, 2.75) is 19.9 Å². The van der Waals surface area contributed by atoms with Gasteiger partial charge in [0.05, 0.1) is 11.9 Å². The lowest BCUT2D eigenvalue weighted by Crippen LogP contribution is -2.19. The lowest BCUT2D eigenvalue weighted by molar-refractivity contribution is 0.462. The first-order valence-electron chi connectivity index (χ1n) is 4.56. The molecule has 0 atom stereocenters. The van der Waals surface area contributed by atoms with Crippen LogP contribution in [-0.2, 0) is 20.0 Å². The number of halogens is 1. The van der Waals surface area contributed by atoms with Crippen molar-refractivity contribution >= 4 is 0 Å². The smallest absolute Gasteiger partial charge is 0.102 e. The molecule has 0 saturated heterocycles. The quantitative estimate of drug-likeness (QED) is 0.695. The fourth-order valence-electron chi connectivity index (χ4n) is 1.31. The molecule has 74 valence electrons. The van der Waals surface area contributed by atoms with Crippen LogP contribution >= 0.6 is 0 Å². The average Bonchev–Trinajstić information content (AvgIpc) is 2.48. The Hall–Kier alpha value is -0.900. The molecule has 4 heteroatoms. The maximum absolute atomic E-state index is 11.8. The number of hydrogen-bond donors (Lipinski definition) is 1. The Kier molecular flexibility index (Phi) is 3.89. The molecule has 13 heavy (non-hydrogen) atoms. The van der Waals surface area contributed by atoms with Gasteiger partial charge < -0.3 is 5.32 Å². The van der Waals surface area contributed by atoms with E-state index in [0.717, 1.165) is 12.1 Å². The molecular weight excluding hydrogens is 169 g/mol. The van der Waals surface area contributed by atoms with Crippen LogP contribution < -0.4 is 5.32 Å². The average molecular weight is 185 g/mol. The molecule has 0 spiro atoms. The standard InChI is InChI=1S/C9H16FN3/c1-3-8-6-12-13(2)9(8)7-11-5-4-10/h6,11H,3-5,7H2,1-2H3. The third-order valence-corrected chi connectivity index (χ3v) is 2.09. The molecule has 1 aromatic rings. The van der Waals surface area contributed by atoms with Gasteiger partial charge in [-0.15, -0.1) is 0 Å². The van der Waals surface area contributed by atoms with E-state index in [4.69, 9.17) is 0 Å². The minimum atomic E-state index is -0.320. The number of nitrogens with one attached hydrogen (secondary N) is 1. The van der Waals surface area contributed by atoms with E-state index in [1.165, 1.54) is 5.56 Å². The molecule has 0 fully saturated rings. The van der Waals surface area contributed by atoms with E-state index in [1.807, 2.05) is 17.9 Å². The highest BCUT2D eigenvalue weighted by molar-refractivity contribution is 5.17. The molecular formula is C9H16FN3. The second-order valence-electron chi connectivity index (χ2n) is 2.96. The number of aryl methyl sites for hydroxylation is 2. The van der Waals surface area contributed by atoms with Crippen LogP contribution in [-0.4, -0.2) is 23.0 Å². The normalized spacial score (nSPS) is 10.7. The summed E-state index contributed by atoms with van der Waals surface area (Å²) >= 11 is 0. The summed E-state index contributed by atoms with van der Waals surface area (Å²) in [5, 5.41) is 7.17. The molecule has 1 heterocycles. The third kappa shape index (κ3) is 2.52. The van der Waals surface area contributed by atoms with Gasteiger partial charge in [-0.1, -0.05) is 6.92 Å². The van der Waals surface area contributed by atoms with Gasteiger partial charge >= 0.3 is 0 Å². The summed E-state index contributed by atoms with van der Waals surface area (Å²) in [7, 11) is 1.91. The van der Waals surface area contributed by atoms with Crippen LogP contribution in [0.15, 0.2) is 6.20 Å². The summed E-state index contributed by atoms with van der Waals surface area (Å²) < 4.78 is 13.7. The first-order chi connectivity index (χ1) is 6.29. The van der Waals surface area contributed by atoms with E-state index < -0.39 is 0 Å². The summed E-state index contributed by atoms with van der Waals surface area (Å²) in [6.07, 6.45) is 2.84. The van der Waals surface area contributed by atoms with E-state index >= 15 is 0 Å². The molecule has 0 unspecified atom stereocenters. The Labute approximate surface area is 77.9 Å². The van der Waals surface area contributed by atoms with Crippen LogP contribution in [0.25, 0.3) is 0 Å². The molecule has 0 aliphatic heterocycles. The minimum absolute atomic E-state index is 0.320. The minimum Gasteiger partial charge on any atom is -0.309 e. The van der Waals surface area contributed by atoms with Crippen molar-refractivity contribution in [3.05, 3.63) is 17.5 Å². The molecule has 0 bridgehead atoms. The SMILES string of the molecule is CCc1cnn(C)c1CNCCF. The van der Waals surface area contributed by atoms with E-state index in [-0.39, 0.29) is 6.67 Å². The molecule has 0 aliphatic carbocycles. The van der Waals surface area contributed by atoms with Gasteiger partial charge in [0.2, 0.25) is 0 Å². The predicted molar refractivity (Wildman–Crippen MR) is 50.3 cm³/mol. The Morgan fingerprint density at radius 1 is 1.62 bits per heavy atom. The van der Waals surface area contributed by atoms with Crippen molar-refractivity contribution in [1.29, 1.82) is 0 Å². The molecule has 3 nitrogen and oxygen atoms in total. The topological polar surface area (TPSA) is 29.9 Å². The highest BCUT2D eigenvalue weighted by atomic mass is 19.1. The lowest BCUT2D eigenvalue weighted by atomic mass is 10.2. The summed E-state index contributed by atoms with van der Waals surface area (Å²) in [6, 6.07) is 0. The Morgan fingerprint density at radius 3 is 3.00 bits per heavy atom. The second-order valence-corrected chi connectivity index (χ2v) is 2.96. The van der Waals surface area contributed by atoms with Crippen molar-refractivity contribution in [2.75, 3.05) is 13.2 Å². The molecule has 1 rings (SSSR count). The van der Waals surface area contributed by atoms with Gasteiger partial charge in [0.15, 0.2) is 0 Å². The molecule has 0 amide bonds. The summed E-state index contributed by atoms with van der Waals surface area (Å²) in [5.74, 6) is 0. The van der Waals surface area contributed by atoms with Crippen LogP contribution in [0.1, 0.15) is 18.2 Å². The highest BCUT2D eigenvalue weighted by Crippen LogP contribution is 2.07. The van der Waals surface area contributed by atoms with Crippen LogP contribution in [0.4, 0.5) is 4.39 Å². The van der Waals surface area contributed by atoms with E-state index in [1.54, 1.807) is 0 Å². The van der Waals surface area contributed by atoms with Gasteiger partial charge in [0.1, 0.15) is 6.67 Å². The van der Waals surface area contributed by atoms with Crippen molar-refractivity contribution in [3.63, 3.8) is 0 Å². The zero-order valence-corrected chi connectivity index (χ0v) is 8.18. The highest BCUT2D eigenvalue weighted by Gasteiger charge is 2.05. The van der Waals surface area contributed by atoms with Crippen molar-refractivity contribution in [1.82, 2.24) is 15.1 Å². The molecule has 1 N–H and O–H groups in total. The zero-order chi connectivity index (χ0) is 9.68. The molecule has 0 saturated carbocycles. The van der Waals surface area contributed by atoms with Gasteiger partial charge in [-0.05, 0) is 12.0 Å². The van der Waals surface area contributed by atoms with Gasteiger partial charge in [0, 0.05) is 20.1 Å². The summed E-state index contributed by atoms with van der Waals surface area (Å²) in [6.45, 7) is 2.88. The molecule has 1 aromatic heterocycles. The maximum atomic E-state index is 11.8. The fourth-order valence-corrected chi connectivity index (χ4v) is 1.31. The number of alkyl halides is 1. The van der Waals surface area contributed by atoms with Crippen molar-refractivity contribution < 1.29 is 4.39 Å². The zero-order valence-electron chi connectivity index (χ0n) is 8.18. The summed E-state index contributed by atoms with van der Waals surface area (Å²) in [5.41, 5.74) is 2.38. The predicted octanol–water partition coefficient (Wildman–Crippen LogP) is 1.04. The van der Waals surface area contributed by atoms with Gasteiger partial charge in [-0.2, -0.15) is 5.10 Å². The maximum Gasteiger partial charge on any atom is 0.102 e. The van der Waals surface area contributed by atoms with Crippen molar-refractivity contribution in [3.8, 4) is 0 Å². The molecule has 0 aromatic carbocycles. The van der Waals surface area contributed by atoms with E-state index in [2.05, 4.69) is 17.3 Å². The number of aromatic nitrogens is 2. The first kappa shape index (κ1) is 10.2. The third-order valence-electron chi connectivity index (χ3n) is 2.09. The lowest BCUT2D eigenvalue weighted by Gasteiger charge is -2.05. The second kappa shape index (κ2) is 4.97. The van der Waals surface area contributed by atoms with Crippen LogP contribution in [0.3, 0.4) is 0 Å². The molecule has 0 aliphatic rings. The fraction of sp³-hybridized carbons (Fsp3) is 0.667. The monoisotopic (exact) mass is 185 g/mol. The van der Waals surface area contributed by atoms with Crippen LogP contribution in [0, 0.1) is 0 Å². The van der Waals surface area contributed by atoms with Crippen molar-refractivity contribution in [2.24, 2.45) is 7.05 Å². The van der Waals surface area contributed by atoms with Gasteiger partial charge in [0.25, 0.3) is 0 Å². The Balaban J connectivity index is 2.57. The Morgan fingerprint density at radius 2 is 2.38 bits per heavy atom. The summed E-state index contributed by atoms with van der Waals surface area (Å²) in [4.78, 5) is 0. The number of rotatable bonds is 5. The molecule has 0 radical (unpaired) electrons. The largest absolute Gasteiger partial charge is 0.309 e. The Bertz CT molecular complexity index is 257. The van der Waals surface area contributed by atoms with Crippen LogP contribution in [0.5, 0.6) is 0 Å². The van der Waals surface area contributed by atoms with Gasteiger partial charge in [-0.25, -0.2) is 4.39 Å².